The lowest BCUT2D eigenvalue weighted by Gasteiger charge is -2.07. The Morgan fingerprint density at radius 2 is 2.27 bits per heavy atom. The van der Waals surface area contributed by atoms with Crippen molar-refractivity contribution in [2.45, 2.75) is 20.3 Å². The quantitative estimate of drug-likeness (QED) is 0.798. The predicted octanol–water partition coefficient (Wildman–Crippen LogP) is 1.81. The standard InChI is InChI=1S/C10H15N5/c1-7(2)3-4-11-10-9-8(5-14-15-9)12-6-13-10/h5-7H,3-4H2,1-2H3,(H,14,15)(H,11,12,13). The summed E-state index contributed by atoms with van der Waals surface area (Å²) in [6, 6.07) is 0. The molecule has 2 rings (SSSR count). The van der Waals surface area contributed by atoms with Gasteiger partial charge < -0.3 is 5.32 Å². The van der Waals surface area contributed by atoms with Gasteiger partial charge in [-0.2, -0.15) is 5.10 Å². The molecule has 80 valence electrons. The van der Waals surface area contributed by atoms with E-state index in [4.69, 9.17) is 0 Å². The first-order valence-electron chi connectivity index (χ1n) is 5.15. The molecule has 2 heterocycles. The van der Waals surface area contributed by atoms with Crippen LogP contribution in [0, 0.1) is 5.92 Å². The van der Waals surface area contributed by atoms with Crippen molar-refractivity contribution in [1.82, 2.24) is 20.2 Å². The van der Waals surface area contributed by atoms with Crippen LogP contribution in [0.25, 0.3) is 11.0 Å². The number of anilines is 1. The third kappa shape index (κ3) is 2.23. The number of fused-ring (bicyclic) bond motifs is 1. The molecule has 0 saturated carbocycles. The summed E-state index contributed by atoms with van der Waals surface area (Å²) in [5.41, 5.74) is 1.72. The molecule has 15 heavy (non-hydrogen) atoms. The molecule has 0 radical (unpaired) electrons. The van der Waals surface area contributed by atoms with Crippen molar-refractivity contribution in [2.24, 2.45) is 5.92 Å². The van der Waals surface area contributed by atoms with Gasteiger partial charge in [0.1, 0.15) is 17.4 Å². The number of hydrogen-bond acceptors (Lipinski definition) is 4. The first kappa shape index (κ1) is 9.89. The van der Waals surface area contributed by atoms with E-state index in [9.17, 15) is 0 Å². The Bertz CT molecular complexity index is 434. The average molecular weight is 205 g/mol. The normalized spacial score (nSPS) is 11.1. The molecule has 0 aliphatic heterocycles. The molecule has 0 fully saturated rings. The lowest BCUT2D eigenvalue weighted by atomic mass is 10.1. The second-order valence-corrected chi connectivity index (χ2v) is 3.96. The highest BCUT2D eigenvalue weighted by molar-refractivity contribution is 5.83. The van der Waals surface area contributed by atoms with Gasteiger partial charge >= 0.3 is 0 Å². The van der Waals surface area contributed by atoms with Crippen LogP contribution in [0.5, 0.6) is 0 Å². The van der Waals surface area contributed by atoms with E-state index in [1.807, 2.05) is 0 Å². The van der Waals surface area contributed by atoms with Gasteiger partial charge in [-0.25, -0.2) is 9.97 Å². The molecule has 2 aromatic heterocycles. The van der Waals surface area contributed by atoms with Gasteiger partial charge in [-0.3, -0.25) is 5.10 Å². The second-order valence-electron chi connectivity index (χ2n) is 3.96. The lowest BCUT2D eigenvalue weighted by Crippen LogP contribution is -2.06. The highest BCUT2D eigenvalue weighted by atomic mass is 15.1. The van der Waals surface area contributed by atoms with Crippen LogP contribution < -0.4 is 5.32 Å². The monoisotopic (exact) mass is 205 g/mol. The van der Waals surface area contributed by atoms with Crippen LogP contribution in [0.3, 0.4) is 0 Å². The SMILES string of the molecule is CC(C)CCNc1ncnc2cn[nH]c12. The minimum absolute atomic E-state index is 0.691. The van der Waals surface area contributed by atoms with Crippen molar-refractivity contribution in [3.8, 4) is 0 Å². The van der Waals surface area contributed by atoms with E-state index in [1.165, 1.54) is 0 Å². The molecular weight excluding hydrogens is 190 g/mol. The fraction of sp³-hybridized carbons (Fsp3) is 0.500. The molecule has 0 aliphatic rings. The van der Waals surface area contributed by atoms with Crippen molar-refractivity contribution in [2.75, 3.05) is 11.9 Å². The first-order valence-corrected chi connectivity index (χ1v) is 5.15. The Morgan fingerprint density at radius 3 is 3.07 bits per heavy atom. The highest BCUT2D eigenvalue weighted by Crippen LogP contribution is 2.15. The molecule has 0 bridgehead atoms. The van der Waals surface area contributed by atoms with E-state index >= 15 is 0 Å². The number of aromatic nitrogens is 4. The summed E-state index contributed by atoms with van der Waals surface area (Å²) < 4.78 is 0. The van der Waals surface area contributed by atoms with Crippen LogP contribution in [-0.4, -0.2) is 26.7 Å². The van der Waals surface area contributed by atoms with E-state index in [0.717, 1.165) is 29.8 Å². The molecule has 0 aromatic carbocycles. The number of nitrogens with zero attached hydrogens (tertiary/aromatic N) is 3. The predicted molar refractivity (Wildman–Crippen MR) is 59.6 cm³/mol. The molecule has 0 spiro atoms. The fourth-order valence-corrected chi connectivity index (χ4v) is 1.38. The lowest BCUT2D eigenvalue weighted by molar-refractivity contribution is 0.607. The van der Waals surface area contributed by atoms with Crippen molar-refractivity contribution >= 4 is 16.9 Å². The van der Waals surface area contributed by atoms with Gasteiger partial charge in [0.25, 0.3) is 0 Å². The van der Waals surface area contributed by atoms with Gasteiger partial charge in [0.15, 0.2) is 5.82 Å². The zero-order chi connectivity index (χ0) is 10.7. The minimum Gasteiger partial charge on any atom is -0.368 e. The second kappa shape index (κ2) is 4.25. The van der Waals surface area contributed by atoms with Gasteiger partial charge in [-0.15, -0.1) is 0 Å². The molecule has 0 unspecified atom stereocenters. The first-order chi connectivity index (χ1) is 7.27. The van der Waals surface area contributed by atoms with E-state index in [-0.39, 0.29) is 0 Å². The van der Waals surface area contributed by atoms with Crippen LogP contribution in [0.4, 0.5) is 5.82 Å². The fourth-order valence-electron chi connectivity index (χ4n) is 1.38. The minimum atomic E-state index is 0.691. The van der Waals surface area contributed by atoms with E-state index in [1.54, 1.807) is 12.5 Å². The molecule has 0 saturated heterocycles. The molecule has 2 aromatic rings. The third-order valence-corrected chi connectivity index (χ3v) is 2.25. The average Bonchev–Trinajstić information content (AvgIpc) is 2.65. The van der Waals surface area contributed by atoms with Crippen LogP contribution in [-0.2, 0) is 0 Å². The summed E-state index contributed by atoms with van der Waals surface area (Å²) in [5.74, 6) is 1.52. The van der Waals surface area contributed by atoms with Gasteiger partial charge in [-0.1, -0.05) is 13.8 Å². The van der Waals surface area contributed by atoms with E-state index in [2.05, 4.69) is 39.3 Å². The Balaban J connectivity index is 2.10. The van der Waals surface area contributed by atoms with Gasteiger partial charge in [0.2, 0.25) is 0 Å². The van der Waals surface area contributed by atoms with Crippen molar-refractivity contribution in [3.63, 3.8) is 0 Å². The summed E-state index contributed by atoms with van der Waals surface area (Å²) in [6.45, 7) is 5.32. The number of H-pyrrole nitrogens is 1. The zero-order valence-corrected chi connectivity index (χ0v) is 8.99. The van der Waals surface area contributed by atoms with E-state index in [0.29, 0.717) is 5.92 Å². The van der Waals surface area contributed by atoms with Gasteiger partial charge in [-0.05, 0) is 12.3 Å². The Morgan fingerprint density at radius 1 is 1.40 bits per heavy atom. The summed E-state index contributed by atoms with van der Waals surface area (Å²) in [6.07, 6.45) is 4.37. The molecule has 0 atom stereocenters. The summed E-state index contributed by atoms with van der Waals surface area (Å²) in [4.78, 5) is 8.28. The zero-order valence-electron chi connectivity index (χ0n) is 8.99. The Hall–Kier alpha value is -1.65. The smallest absolute Gasteiger partial charge is 0.155 e. The van der Waals surface area contributed by atoms with Crippen molar-refractivity contribution in [1.29, 1.82) is 0 Å². The number of hydrogen-bond donors (Lipinski definition) is 2. The number of nitrogens with one attached hydrogen (secondary N) is 2. The molecule has 2 N–H and O–H groups in total. The number of aromatic amines is 1. The van der Waals surface area contributed by atoms with Crippen LogP contribution in [0.15, 0.2) is 12.5 Å². The maximum Gasteiger partial charge on any atom is 0.155 e. The molecule has 5 heteroatoms. The molecule has 0 amide bonds. The van der Waals surface area contributed by atoms with E-state index < -0.39 is 0 Å². The van der Waals surface area contributed by atoms with Crippen molar-refractivity contribution < 1.29 is 0 Å². The van der Waals surface area contributed by atoms with Gasteiger partial charge in [0.05, 0.1) is 6.20 Å². The largest absolute Gasteiger partial charge is 0.368 e. The maximum absolute atomic E-state index is 4.18. The summed E-state index contributed by atoms with van der Waals surface area (Å²) >= 11 is 0. The van der Waals surface area contributed by atoms with Gasteiger partial charge in [0, 0.05) is 6.54 Å². The van der Waals surface area contributed by atoms with Crippen molar-refractivity contribution in [3.05, 3.63) is 12.5 Å². The summed E-state index contributed by atoms with van der Waals surface area (Å²) in [5, 5.41) is 10.1. The Kier molecular flexibility index (Phi) is 2.80. The van der Waals surface area contributed by atoms with Crippen LogP contribution >= 0.6 is 0 Å². The van der Waals surface area contributed by atoms with Crippen LogP contribution in [0.1, 0.15) is 20.3 Å². The molecule has 0 aliphatic carbocycles. The molecular formula is C10H15N5. The third-order valence-electron chi connectivity index (χ3n) is 2.25. The number of rotatable bonds is 4. The maximum atomic E-state index is 4.18. The summed E-state index contributed by atoms with van der Waals surface area (Å²) in [7, 11) is 0. The van der Waals surface area contributed by atoms with Crippen LogP contribution in [0.2, 0.25) is 0 Å². The Labute approximate surface area is 88.3 Å². The topological polar surface area (TPSA) is 66.5 Å². The molecule has 5 nitrogen and oxygen atoms in total. The highest BCUT2D eigenvalue weighted by Gasteiger charge is 2.04.